The van der Waals surface area contributed by atoms with Crippen LogP contribution in [0, 0.1) is 0 Å². The molecular formula is C4H9BS. The average molecular weight is 100.0 g/mol. The van der Waals surface area contributed by atoms with E-state index >= 15 is 0 Å². The minimum atomic E-state index is 1.38. The monoisotopic (exact) mass is 100 g/mol. The van der Waals surface area contributed by atoms with E-state index in [0.717, 1.165) is 0 Å². The fraction of sp³-hybridized carbons (Fsp3) is 0.500. The van der Waals surface area contributed by atoms with E-state index in [1.807, 2.05) is 0 Å². The zero-order valence-corrected chi connectivity index (χ0v) is 5.30. The van der Waals surface area contributed by atoms with Crippen LogP contribution < -0.4 is 0 Å². The molecule has 0 spiro atoms. The van der Waals surface area contributed by atoms with E-state index in [0.29, 0.717) is 0 Å². The number of hydrogen-bond acceptors (Lipinski definition) is 1. The zero-order chi connectivity index (χ0) is 4.99. The van der Waals surface area contributed by atoms with Crippen LogP contribution in [0.3, 0.4) is 0 Å². The third kappa shape index (κ3) is 4.15. The molecule has 6 heavy (non-hydrogen) atoms. The molecule has 0 unspecified atom stereocenters. The lowest BCUT2D eigenvalue weighted by molar-refractivity contribution is 1.42. The van der Waals surface area contributed by atoms with Crippen molar-refractivity contribution in [1.29, 1.82) is 0 Å². The lowest BCUT2D eigenvalue weighted by atomic mass is 10.4. The molecule has 0 bridgehead atoms. The molecule has 0 heterocycles. The van der Waals surface area contributed by atoms with E-state index in [2.05, 4.69) is 26.4 Å². The van der Waals surface area contributed by atoms with Gasteiger partial charge in [-0.1, -0.05) is 5.57 Å². The van der Waals surface area contributed by atoms with Crippen molar-refractivity contribution in [2.24, 2.45) is 0 Å². The summed E-state index contributed by atoms with van der Waals surface area (Å²) >= 11 is 1.75. The van der Waals surface area contributed by atoms with Gasteiger partial charge in [0, 0.05) is 0 Å². The smallest absolute Gasteiger partial charge is 0.179 e. The zero-order valence-electron chi connectivity index (χ0n) is 4.49. The van der Waals surface area contributed by atoms with Crippen LogP contribution in [0.15, 0.2) is 11.0 Å². The highest BCUT2D eigenvalue weighted by Crippen LogP contribution is 1.97. The summed E-state index contributed by atoms with van der Waals surface area (Å²) in [6.07, 6.45) is 0. The first-order valence-electron chi connectivity index (χ1n) is 1.93. The third-order valence-electron chi connectivity index (χ3n) is 0.354. The van der Waals surface area contributed by atoms with Crippen LogP contribution in [0.25, 0.3) is 0 Å². The molecule has 0 saturated carbocycles. The van der Waals surface area contributed by atoms with Crippen molar-refractivity contribution in [3.05, 3.63) is 11.0 Å². The van der Waals surface area contributed by atoms with Crippen LogP contribution >= 0.6 is 11.6 Å². The first-order valence-corrected chi connectivity index (χ1v) is 3.22. The SMILES string of the molecule is BSC=C(C)C. The maximum absolute atomic E-state index is 2.12. The van der Waals surface area contributed by atoms with Gasteiger partial charge >= 0.3 is 0 Å². The average Bonchev–Trinajstić information content (AvgIpc) is 1.35. The first kappa shape index (κ1) is 6.15. The quantitative estimate of drug-likeness (QED) is 0.446. The molecule has 0 radical (unpaired) electrons. The number of rotatable bonds is 1. The second-order valence-electron chi connectivity index (χ2n) is 1.43. The Labute approximate surface area is 44.3 Å². The van der Waals surface area contributed by atoms with Gasteiger partial charge in [-0.2, -0.15) is 11.6 Å². The van der Waals surface area contributed by atoms with Gasteiger partial charge in [-0.25, -0.2) is 0 Å². The van der Waals surface area contributed by atoms with Gasteiger partial charge in [-0.3, -0.25) is 0 Å². The summed E-state index contributed by atoms with van der Waals surface area (Å²) < 4.78 is 0. The molecule has 34 valence electrons. The Hall–Kier alpha value is 0.155. The van der Waals surface area contributed by atoms with Gasteiger partial charge in [0.15, 0.2) is 7.12 Å². The molecule has 2 heteroatoms. The van der Waals surface area contributed by atoms with Gasteiger partial charge in [-0.15, -0.1) is 0 Å². The molecule has 0 rings (SSSR count). The van der Waals surface area contributed by atoms with Crippen molar-refractivity contribution >= 4 is 18.7 Å². The summed E-state index contributed by atoms with van der Waals surface area (Å²) in [6, 6.07) is 0. The lowest BCUT2D eigenvalue weighted by Crippen LogP contribution is -1.55. The summed E-state index contributed by atoms with van der Waals surface area (Å²) in [6.45, 7) is 4.19. The fourth-order valence-electron chi connectivity index (χ4n) is 0.236. The van der Waals surface area contributed by atoms with E-state index in [1.165, 1.54) is 5.57 Å². The van der Waals surface area contributed by atoms with E-state index in [-0.39, 0.29) is 0 Å². The van der Waals surface area contributed by atoms with Crippen molar-refractivity contribution in [3.8, 4) is 0 Å². The Kier molecular flexibility index (Phi) is 3.44. The van der Waals surface area contributed by atoms with Crippen molar-refractivity contribution < 1.29 is 0 Å². The molecule has 0 fully saturated rings. The highest BCUT2D eigenvalue weighted by atomic mass is 32.2. The van der Waals surface area contributed by atoms with Gasteiger partial charge in [0.1, 0.15) is 0 Å². The Bertz CT molecular complexity index is 54.6. The molecule has 0 aliphatic heterocycles. The summed E-state index contributed by atoms with van der Waals surface area (Å²) in [4.78, 5) is 0. The Balaban J connectivity index is 3.14. The van der Waals surface area contributed by atoms with Gasteiger partial charge in [0.05, 0.1) is 0 Å². The molecule has 0 amide bonds. The van der Waals surface area contributed by atoms with Crippen LogP contribution in [-0.2, 0) is 0 Å². The standard InChI is InChI=1S/C4H9BS/c1-4(2)3-6-5/h3H,5H2,1-2H3. The highest BCUT2D eigenvalue weighted by molar-refractivity contribution is 8.22. The minimum absolute atomic E-state index is 1.38. The second kappa shape index (κ2) is 3.35. The molecule has 0 aromatic carbocycles. The van der Waals surface area contributed by atoms with Crippen LogP contribution in [0.4, 0.5) is 0 Å². The van der Waals surface area contributed by atoms with Gasteiger partial charge < -0.3 is 0 Å². The highest BCUT2D eigenvalue weighted by Gasteiger charge is 1.67. The van der Waals surface area contributed by atoms with Crippen LogP contribution in [-0.4, -0.2) is 7.12 Å². The van der Waals surface area contributed by atoms with Crippen molar-refractivity contribution in [2.45, 2.75) is 13.8 Å². The fourth-order valence-corrected chi connectivity index (χ4v) is 0.707. The number of hydrogen-bond donors (Lipinski definition) is 0. The molecule has 0 aromatic heterocycles. The molecule has 0 saturated heterocycles. The van der Waals surface area contributed by atoms with Crippen molar-refractivity contribution in [3.63, 3.8) is 0 Å². The molecule has 0 N–H and O–H groups in total. The lowest BCUT2D eigenvalue weighted by Gasteiger charge is -1.80. The van der Waals surface area contributed by atoms with Gasteiger partial charge in [-0.05, 0) is 19.3 Å². The van der Waals surface area contributed by atoms with Gasteiger partial charge in [0.25, 0.3) is 0 Å². The van der Waals surface area contributed by atoms with Crippen LogP contribution in [0.5, 0.6) is 0 Å². The Morgan fingerprint density at radius 1 is 1.67 bits per heavy atom. The maximum atomic E-state index is 2.12. The van der Waals surface area contributed by atoms with Gasteiger partial charge in [0.2, 0.25) is 0 Å². The van der Waals surface area contributed by atoms with Crippen LogP contribution in [0.1, 0.15) is 13.8 Å². The molecule has 0 aliphatic carbocycles. The predicted molar refractivity (Wildman–Crippen MR) is 35.6 cm³/mol. The van der Waals surface area contributed by atoms with Crippen molar-refractivity contribution in [2.75, 3.05) is 0 Å². The summed E-state index contributed by atoms with van der Waals surface area (Å²) in [7, 11) is 2.06. The van der Waals surface area contributed by atoms with E-state index in [1.54, 1.807) is 11.6 Å². The molecule has 0 aliphatic rings. The van der Waals surface area contributed by atoms with Crippen molar-refractivity contribution in [1.82, 2.24) is 0 Å². The van der Waals surface area contributed by atoms with E-state index < -0.39 is 0 Å². The summed E-state index contributed by atoms with van der Waals surface area (Å²) in [5, 5.41) is 2.12. The minimum Gasteiger partial charge on any atom is -0.193 e. The third-order valence-corrected chi connectivity index (χ3v) is 1.06. The van der Waals surface area contributed by atoms with Crippen LogP contribution in [0.2, 0.25) is 0 Å². The molecule has 0 atom stereocenters. The largest absolute Gasteiger partial charge is 0.193 e. The van der Waals surface area contributed by atoms with E-state index in [4.69, 9.17) is 0 Å². The molecule has 0 nitrogen and oxygen atoms in total. The molecular weight excluding hydrogens is 90.9 g/mol. The number of allylic oxidation sites excluding steroid dienone is 1. The maximum Gasteiger partial charge on any atom is 0.179 e. The summed E-state index contributed by atoms with van der Waals surface area (Å²) in [5.74, 6) is 0. The predicted octanol–water partition coefficient (Wildman–Crippen LogP) is 1.19. The Morgan fingerprint density at radius 3 is 2.17 bits per heavy atom. The second-order valence-corrected chi connectivity index (χ2v) is 2.14. The molecule has 0 aromatic rings. The topological polar surface area (TPSA) is 0 Å². The summed E-state index contributed by atoms with van der Waals surface area (Å²) in [5.41, 5.74) is 1.38. The Morgan fingerprint density at radius 2 is 2.17 bits per heavy atom. The first-order chi connectivity index (χ1) is 2.77. The normalized spacial score (nSPS) is 7.67. The van der Waals surface area contributed by atoms with E-state index in [9.17, 15) is 0 Å².